The molecule has 0 aliphatic rings. The zero-order valence-electron chi connectivity index (χ0n) is 11.3. The highest BCUT2D eigenvalue weighted by molar-refractivity contribution is 5.76. The number of nitrogens with one attached hydrogen (secondary N) is 1. The van der Waals surface area contributed by atoms with Crippen LogP contribution in [0.4, 0.5) is 4.79 Å². The summed E-state index contributed by atoms with van der Waals surface area (Å²) in [6.45, 7) is 6.31. The fraction of sp³-hybridized carbons (Fsp3) is 0.692. The maximum atomic E-state index is 11.9. The van der Waals surface area contributed by atoms with Crippen LogP contribution in [0.1, 0.15) is 40.0 Å². The van der Waals surface area contributed by atoms with Gasteiger partial charge in [0.05, 0.1) is 6.42 Å². The molecule has 0 saturated heterocycles. The van der Waals surface area contributed by atoms with Gasteiger partial charge in [0, 0.05) is 25.0 Å². The molecule has 102 valence electrons. The van der Waals surface area contributed by atoms with E-state index in [4.69, 9.17) is 11.5 Å². The topological polar surface area (TPSA) is 69.6 Å². The van der Waals surface area contributed by atoms with Crippen molar-refractivity contribution >= 4 is 12.0 Å². The Morgan fingerprint density at radius 3 is 2.44 bits per heavy atom. The minimum absolute atomic E-state index is 0.0605. The number of carboxylic acid groups (broad SMARTS) is 1. The number of hydrogen-bond donors (Lipinski definition) is 2. The first-order valence-electron chi connectivity index (χ1n) is 5.99. The maximum absolute atomic E-state index is 11.9. The van der Waals surface area contributed by atoms with Crippen molar-refractivity contribution < 1.29 is 14.7 Å². The van der Waals surface area contributed by atoms with Gasteiger partial charge in [-0.05, 0) is 27.2 Å². The molecule has 5 nitrogen and oxygen atoms in total. The number of terminal acetylenes is 1. The molecule has 2 N–H and O–H groups in total. The molecule has 0 aliphatic carbocycles. The fourth-order valence-electron chi connectivity index (χ4n) is 1.43. The Morgan fingerprint density at radius 2 is 2.00 bits per heavy atom. The van der Waals surface area contributed by atoms with Crippen molar-refractivity contribution in [3.8, 4) is 12.3 Å². The van der Waals surface area contributed by atoms with E-state index in [2.05, 4.69) is 11.2 Å². The van der Waals surface area contributed by atoms with Gasteiger partial charge in [-0.15, -0.1) is 12.3 Å². The van der Waals surface area contributed by atoms with Crippen LogP contribution in [-0.4, -0.2) is 40.6 Å². The van der Waals surface area contributed by atoms with Crippen molar-refractivity contribution in [2.75, 3.05) is 13.1 Å². The van der Waals surface area contributed by atoms with Gasteiger partial charge < -0.3 is 15.3 Å². The van der Waals surface area contributed by atoms with Gasteiger partial charge in [-0.1, -0.05) is 0 Å². The molecular weight excluding hydrogens is 232 g/mol. The van der Waals surface area contributed by atoms with Crippen LogP contribution >= 0.6 is 0 Å². The summed E-state index contributed by atoms with van der Waals surface area (Å²) < 4.78 is 0. The fourth-order valence-corrected chi connectivity index (χ4v) is 1.43. The molecule has 0 bridgehead atoms. The van der Waals surface area contributed by atoms with E-state index in [1.54, 1.807) is 0 Å². The molecule has 0 rings (SSSR count). The first-order chi connectivity index (χ1) is 8.29. The molecule has 5 heteroatoms. The van der Waals surface area contributed by atoms with Crippen LogP contribution in [0.25, 0.3) is 0 Å². The molecule has 0 heterocycles. The zero-order valence-corrected chi connectivity index (χ0v) is 11.3. The highest BCUT2D eigenvalue weighted by atomic mass is 16.4. The molecule has 0 unspecified atom stereocenters. The largest absolute Gasteiger partial charge is 0.481 e. The first-order valence-corrected chi connectivity index (χ1v) is 5.99. The Balaban J connectivity index is 4.34. The molecule has 0 aromatic rings. The van der Waals surface area contributed by atoms with Crippen LogP contribution in [0.5, 0.6) is 0 Å². The SMILES string of the molecule is C#CCCCNC(=O)N(CCC(=O)O)C(C)(C)C. The van der Waals surface area contributed by atoms with Crippen molar-refractivity contribution in [3.05, 3.63) is 0 Å². The lowest BCUT2D eigenvalue weighted by Gasteiger charge is -2.35. The van der Waals surface area contributed by atoms with E-state index in [-0.39, 0.29) is 19.0 Å². The van der Waals surface area contributed by atoms with Crippen LogP contribution in [0.2, 0.25) is 0 Å². The maximum Gasteiger partial charge on any atom is 0.317 e. The molecule has 0 fully saturated rings. The quantitative estimate of drug-likeness (QED) is 0.559. The number of carbonyl (C=O) groups excluding carboxylic acids is 1. The van der Waals surface area contributed by atoms with Crippen molar-refractivity contribution in [1.82, 2.24) is 10.2 Å². The van der Waals surface area contributed by atoms with Crippen LogP contribution in [0.15, 0.2) is 0 Å². The Labute approximate surface area is 109 Å². The summed E-state index contributed by atoms with van der Waals surface area (Å²) in [6, 6.07) is -0.249. The monoisotopic (exact) mass is 254 g/mol. The Kier molecular flexibility index (Phi) is 6.88. The van der Waals surface area contributed by atoms with Crippen molar-refractivity contribution in [2.45, 2.75) is 45.6 Å². The molecule has 18 heavy (non-hydrogen) atoms. The van der Waals surface area contributed by atoms with E-state index < -0.39 is 11.5 Å². The summed E-state index contributed by atoms with van der Waals surface area (Å²) in [5, 5.41) is 11.4. The van der Waals surface area contributed by atoms with Crippen molar-refractivity contribution in [3.63, 3.8) is 0 Å². The van der Waals surface area contributed by atoms with E-state index in [9.17, 15) is 9.59 Å². The Morgan fingerprint density at radius 1 is 1.39 bits per heavy atom. The second-order valence-corrected chi connectivity index (χ2v) is 5.01. The number of urea groups is 1. The molecule has 0 aliphatic heterocycles. The lowest BCUT2D eigenvalue weighted by Crippen LogP contribution is -2.51. The molecule has 0 atom stereocenters. The third kappa shape index (κ3) is 6.79. The van der Waals surface area contributed by atoms with Crippen LogP contribution in [0, 0.1) is 12.3 Å². The number of carboxylic acids is 1. The third-order valence-corrected chi connectivity index (χ3v) is 2.38. The summed E-state index contributed by atoms with van der Waals surface area (Å²) >= 11 is 0. The lowest BCUT2D eigenvalue weighted by atomic mass is 10.1. The van der Waals surface area contributed by atoms with Crippen molar-refractivity contribution in [2.24, 2.45) is 0 Å². The summed E-state index contributed by atoms with van der Waals surface area (Å²) in [5.41, 5.74) is -0.411. The summed E-state index contributed by atoms with van der Waals surface area (Å²) in [5.74, 6) is 1.59. The second kappa shape index (κ2) is 7.59. The Bertz CT molecular complexity index is 326. The zero-order chi connectivity index (χ0) is 14.2. The minimum atomic E-state index is -0.913. The highest BCUT2D eigenvalue weighted by Crippen LogP contribution is 2.13. The number of hydrogen-bond acceptors (Lipinski definition) is 2. The van der Waals surface area contributed by atoms with Crippen LogP contribution < -0.4 is 5.32 Å². The minimum Gasteiger partial charge on any atom is -0.481 e. The molecule has 0 saturated carbocycles. The predicted octanol–water partition coefficient (Wildman–Crippen LogP) is 1.68. The highest BCUT2D eigenvalue weighted by Gasteiger charge is 2.26. The lowest BCUT2D eigenvalue weighted by molar-refractivity contribution is -0.137. The summed E-state index contributed by atoms with van der Waals surface area (Å²) in [6.07, 6.45) is 6.39. The van der Waals surface area contributed by atoms with Crippen LogP contribution in [0.3, 0.4) is 0 Å². The number of amides is 2. The molecular formula is C13H22N2O3. The van der Waals surface area contributed by atoms with Gasteiger partial charge in [0.2, 0.25) is 0 Å². The average molecular weight is 254 g/mol. The molecule has 0 aromatic carbocycles. The number of unbranched alkanes of at least 4 members (excludes halogenated alkanes) is 1. The normalized spacial score (nSPS) is 10.6. The van der Waals surface area contributed by atoms with Gasteiger partial charge in [-0.3, -0.25) is 4.79 Å². The number of carbonyl (C=O) groups is 2. The van der Waals surface area contributed by atoms with E-state index in [0.29, 0.717) is 13.0 Å². The molecule has 0 aromatic heterocycles. The number of rotatable bonds is 6. The molecule has 2 amide bonds. The van der Waals surface area contributed by atoms with Crippen molar-refractivity contribution in [1.29, 1.82) is 0 Å². The van der Waals surface area contributed by atoms with Gasteiger partial charge in [0.1, 0.15) is 0 Å². The van der Waals surface area contributed by atoms with E-state index in [1.807, 2.05) is 20.8 Å². The second-order valence-electron chi connectivity index (χ2n) is 5.01. The first kappa shape index (κ1) is 16.3. The van der Waals surface area contributed by atoms with Crippen LogP contribution in [-0.2, 0) is 4.79 Å². The van der Waals surface area contributed by atoms with E-state index in [1.165, 1.54) is 4.90 Å². The number of aliphatic carboxylic acids is 1. The Hall–Kier alpha value is -1.70. The van der Waals surface area contributed by atoms with E-state index in [0.717, 1.165) is 6.42 Å². The summed E-state index contributed by atoms with van der Waals surface area (Å²) in [7, 11) is 0. The predicted molar refractivity (Wildman–Crippen MR) is 70.2 cm³/mol. The van der Waals surface area contributed by atoms with Gasteiger partial charge >= 0.3 is 12.0 Å². The molecule has 0 spiro atoms. The average Bonchev–Trinajstić information content (AvgIpc) is 2.22. The molecule has 0 radical (unpaired) electrons. The van der Waals surface area contributed by atoms with Gasteiger partial charge in [-0.2, -0.15) is 0 Å². The van der Waals surface area contributed by atoms with Gasteiger partial charge in [0.25, 0.3) is 0 Å². The van der Waals surface area contributed by atoms with E-state index >= 15 is 0 Å². The third-order valence-electron chi connectivity index (χ3n) is 2.38. The van der Waals surface area contributed by atoms with Gasteiger partial charge in [-0.25, -0.2) is 4.79 Å². The number of nitrogens with zero attached hydrogens (tertiary/aromatic N) is 1. The standard InChI is InChI=1S/C13H22N2O3/c1-5-6-7-9-14-12(18)15(13(2,3)4)10-8-11(16)17/h1H,6-10H2,2-4H3,(H,14,18)(H,16,17). The van der Waals surface area contributed by atoms with Gasteiger partial charge in [0.15, 0.2) is 0 Å². The smallest absolute Gasteiger partial charge is 0.317 e. The summed E-state index contributed by atoms with van der Waals surface area (Å²) in [4.78, 5) is 24.0.